The Morgan fingerprint density at radius 2 is 2.37 bits per heavy atom. The molecule has 0 saturated carbocycles. The first kappa shape index (κ1) is 14.3. The van der Waals surface area contributed by atoms with Crippen molar-refractivity contribution in [1.29, 1.82) is 0 Å². The zero-order valence-corrected chi connectivity index (χ0v) is 11.9. The Kier molecular flexibility index (Phi) is 5.62. The van der Waals surface area contributed by atoms with Gasteiger partial charge in [0, 0.05) is 32.9 Å². The van der Waals surface area contributed by atoms with E-state index in [0.29, 0.717) is 6.54 Å². The fourth-order valence-corrected chi connectivity index (χ4v) is 2.76. The lowest BCUT2D eigenvalue weighted by Gasteiger charge is -2.23. The largest absolute Gasteiger partial charge is 0.381 e. The summed E-state index contributed by atoms with van der Waals surface area (Å²) in [7, 11) is 1.65. The van der Waals surface area contributed by atoms with E-state index >= 15 is 0 Å². The van der Waals surface area contributed by atoms with Crippen LogP contribution < -0.4 is 10.6 Å². The molecule has 0 aliphatic carbocycles. The molecule has 19 heavy (non-hydrogen) atoms. The molecule has 2 heterocycles. The average molecular weight is 284 g/mol. The summed E-state index contributed by atoms with van der Waals surface area (Å²) < 4.78 is 10.6. The molecule has 0 bridgehead atoms. The van der Waals surface area contributed by atoms with Crippen molar-refractivity contribution in [3.63, 3.8) is 0 Å². The van der Waals surface area contributed by atoms with Crippen molar-refractivity contribution in [2.45, 2.75) is 25.0 Å². The SMILES string of the molecule is CO[C@@H](CNC(=O)NC1CCOCC1)c1ccsc1. The molecule has 106 valence electrons. The highest BCUT2D eigenvalue weighted by atomic mass is 32.1. The summed E-state index contributed by atoms with van der Waals surface area (Å²) >= 11 is 1.62. The van der Waals surface area contributed by atoms with Crippen LogP contribution in [0.2, 0.25) is 0 Å². The van der Waals surface area contributed by atoms with E-state index in [9.17, 15) is 4.79 Å². The second-order valence-electron chi connectivity index (χ2n) is 4.52. The summed E-state index contributed by atoms with van der Waals surface area (Å²) in [6.45, 7) is 1.92. The van der Waals surface area contributed by atoms with Gasteiger partial charge in [-0.1, -0.05) is 0 Å². The van der Waals surface area contributed by atoms with Crippen LogP contribution >= 0.6 is 11.3 Å². The molecule has 1 saturated heterocycles. The van der Waals surface area contributed by atoms with Gasteiger partial charge in [0.25, 0.3) is 0 Å². The van der Waals surface area contributed by atoms with Crippen LogP contribution in [0.15, 0.2) is 16.8 Å². The average Bonchev–Trinajstić information content (AvgIpc) is 2.95. The number of thiophene rings is 1. The van der Waals surface area contributed by atoms with Gasteiger partial charge in [0.2, 0.25) is 0 Å². The number of carbonyl (C=O) groups is 1. The molecule has 1 atom stereocenters. The number of hydrogen-bond acceptors (Lipinski definition) is 4. The third-order valence-electron chi connectivity index (χ3n) is 3.20. The van der Waals surface area contributed by atoms with Crippen LogP contribution in [0.25, 0.3) is 0 Å². The van der Waals surface area contributed by atoms with Crippen LogP contribution in [-0.2, 0) is 9.47 Å². The van der Waals surface area contributed by atoms with E-state index in [-0.39, 0.29) is 18.2 Å². The maximum absolute atomic E-state index is 11.8. The van der Waals surface area contributed by atoms with E-state index in [1.165, 1.54) is 0 Å². The first-order chi connectivity index (χ1) is 9.29. The Morgan fingerprint density at radius 3 is 3.00 bits per heavy atom. The van der Waals surface area contributed by atoms with E-state index in [0.717, 1.165) is 31.6 Å². The monoisotopic (exact) mass is 284 g/mol. The maximum Gasteiger partial charge on any atom is 0.315 e. The van der Waals surface area contributed by atoms with Crippen molar-refractivity contribution in [1.82, 2.24) is 10.6 Å². The molecule has 1 fully saturated rings. The predicted octanol–water partition coefficient (Wildman–Crippen LogP) is 1.91. The number of nitrogens with one attached hydrogen (secondary N) is 2. The van der Waals surface area contributed by atoms with Crippen molar-refractivity contribution in [3.8, 4) is 0 Å². The van der Waals surface area contributed by atoms with Crippen LogP contribution in [0.3, 0.4) is 0 Å². The topological polar surface area (TPSA) is 59.6 Å². The molecule has 0 unspecified atom stereocenters. The molecule has 5 nitrogen and oxygen atoms in total. The van der Waals surface area contributed by atoms with Gasteiger partial charge in [-0.25, -0.2) is 4.79 Å². The second kappa shape index (κ2) is 7.47. The van der Waals surface area contributed by atoms with Gasteiger partial charge in [-0.2, -0.15) is 11.3 Å². The Bertz CT molecular complexity index is 377. The highest BCUT2D eigenvalue weighted by Crippen LogP contribution is 2.18. The fraction of sp³-hybridized carbons (Fsp3) is 0.615. The van der Waals surface area contributed by atoms with Gasteiger partial charge in [0.05, 0.1) is 0 Å². The number of rotatable bonds is 5. The molecule has 1 aliphatic heterocycles. The van der Waals surface area contributed by atoms with Crippen LogP contribution in [0.1, 0.15) is 24.5 Å². The lowest BCUT2D eigenvalue weighted by atomic mass is 10.1. The normalized spacial score (nSPS) is 17.9. The molecule has 2 amide bonds. The fourth-order valence-electron chi connectivity index (χ4n) is 2.06. The van der Waals surface area contributed by atoms with Gasteiger partial charge in [-0.15, -0.1) is 0 Å². The molecule has 2 N–H and O–H groups in total. The zero-order valence-electron chi connectivity index (χ0n) is 11.1. The summed E-state index contributed by atoms with van der Waals surface area (Å²) in [5, 5.41) is 9.86. The van der Waals surface area contributed by atoms with Crippen LogP contribution in [0, 0.1) is 0 Å². The van der Waals surface area contributed by atoms with Crippen molar-refractivity contribution < 1.29 is 14.3 Å². The molecule has 1 aliphatic rings. The van der Waals surface area contributed by atoms with E-state index in [4.69, 9.17) is 9.47 Å². The van der Waals surface area contributed by atoms with E-state index in [2.05, 4.69) is 10.6 Å². The van der Waals surface area contributed by atoms with Gasteiger partial charge in [-0.05, 0) is 35.2 Å². The number of methoxy groups -OCH3 is 1. The predicted molar refractivity (Wildman–Crippen MR) is 74.4 cm³/mol. The quantitative estimate of drug-likeness (QED) is 0.868. The van der Waals surface area contributed by atoms with E-state index < -0.39 is 0 Å². The Morgan fingerprint density at radius 1 is 1.58 bits per heavy atom. The third-order valence-corrected chi connectivity index (χ3v) is 3.91. The summed E-state index contributed by atoms with van der Waals surface area (Å²) in [6.07, 6.45) is 1.67. The molecule has 2 rings (SSSR count). The van der Waals surface area contributed by atoms with Crippen LogP contribution in [-0.4, -0.2) is 38.9 Å². The summed E-state index contributed by atoms with van der Waals surface area (Å²) in [5.41, 5.74) is 1.10. The first-order valence-electron chi connectivity index (χ1n) is 6.46. The third kappa shape index (κ3) is 4.49. The van der Waals surface area contributed by atoms with Crippen LogP contribution in [0.5, 0.6) is 0 Å². The van der Waals surface area contributed by atoms with Gasteiger partial charge in [-0.3, -0.25) is 0 Å². The van der Waals surface area contributed by atoms with Gasteiger partial charge in [0.1, 0.15) is 6.10 Å². The molecule has 0 aromatic carbocycles. The van der Waals surface area contributed by atoms with Gasteiger partial charge < -0.3 is 20.1 Å². The minimum absolute atomic E-state index is 0.0910. The molecule has 1 aromatic rings. The Labute approximate surface area is 117 Å². The van der Waals surface area contributed by atoms with Crippen molar-refractivity contribution in [3.05, 3.63) is 22.4 Å². The molecular formula is C13H20N2O3S. The summed E-state index contributed by atoms with van der Waals surface area (Å²) in [5.74, 6) is 0. The Hall–Kier alpha value is -1.11. The number of carbonyl (C=O) groups excluding carboxylic acids is 1. The van der Waals surface area contributed by atoms with Gasteiger partial charge in [0.15, 0.2) is 0 Å². The van der Waals surface area contributed by atoms with E-state index in [1.807, 2.05) is 16.8 Å². The van der Waals surface area contributed by atoms with Crippen molar-refractivity contribution >= 4 is 17.4 Å². The van der Waals surface area contributed by atoms with Gasteiger partial charge >= 0.3 is 6.03 Å². The van der Waals surface area contributed by atoms with Crippen molar-refractivity contribution in [2.75, 3.05) is 26.9 Å². The molecule has 0 spiro atoms. The summed E-state index contributed by atoms with van der Waals surface area (Å²) in [4.78, 5) is 11.8. The minimum atomic E-state index is -0.135. The second-order valence-corrected chi connectivity index (χ2v) is 5.30. The number of ether oxygens (including phenoxy) is 2. The zero-order chi connectivity index (χ0) is 13.5. The highest BCUT2D eigenvalue weighted by molar-refractivity contribution is 7.07. The summed E-state index contributed by atoms with van der Waals surface area (Å²) in [6, 6.07) is 2.09. The first-order valence-corrected chi connectivity index (χ1v) is 7.41. The number of amides is 2. The standard InChI is InChI=1S/C13H20N2O3S/c1-17-12(10-4-7-19-9-10)8-14-13(16)15-11-2-5-18-6-3-11/h4,7,9,11-12H,2-3,5-6,8H2,1H3,(H2,14,15,16)/t12-/m0/s1. The lowest BCUT2D eigenvalue weighted by molar-refractivity contribution is 0.0791. The molecular weight excluding hydrogens is 264 g/mol. The lowest BCUT2D eigenvalue weighted by Crippen LogP contribution is -2.45. The molecule has 1 aromatic heterocycles. The molecule has 6 heteroatoms. The van der Waals surface area contributed by atoms with E-state index in [1.54, 1.807) is 18.4 Å². The number of urea groups is 1. The Balaban J connectivity index is 1.72. The smallest absolute Gasteiger partial charge is 0.315 e. The minimum Gasteiger partial charge on any atom is -0.381 e. The number of hydrogen-bond donors (Lipinski definition) is 2. The van der Waals surface area contributed by atoms with Crippen molar-refractivity contribution in [2.24, 2.45) is 0 Å². The highest BCUT2D eigenvalue weighted by Gasteiger charge is 2.17. The van der Waals surface area contributed by atoms with Crippen LogP contribution in [0.4, 0.5) is 4.79 Å². The molecule has 0 radical (unpaired) electrons. The maximum atomic E-state index is 11.8.